The van der Waals surface area contributed by atoms with Crippen LogP contribution in [0.1, 0.15) is 36.9 Å². The van der Waals surface area contributed by atoms with Crippen molar-refractivity contribution in [1.29, 1.82) is 0 Å². The first-order chi connectivity index (χ1) is 9.42. The van der Waals surface area contributed by atoms with E-state index in [1.165, 1.54) is 4.88 Å². The Morgan fingerprint density at radius 3 is 2.45 bits per heavy atom. The van der Waals surface area contributed by atoms with Crippen molar-refractivity contribution in [2.24, 2.45) is 5.92 Å². The van der Waals surface area contributed by atoms with Crippen LogP contribution in [0.3, 0.4) is 0 Å². The molecule has 0 unspecified atom stereocenters. The fourth-order valence-corrected chi connectivity index (χ4v) is 2.67. The van der Waals surface area contributed by atoms with Gasteiger partial charge in [0.15, 0.2) is 0 Å². The number of hydrogen-bond donors (Lipinski definition) is 3. The van der Waals surface area contributed by atoms with Gasteiger partial charge in [-0.2, -0.15) is 0 Å². The van der Waals surface area contributed by atoms with Crippen LogP contribution in [0.15, 0.2) is 12.1 Å². The number of carbonyl (C=O) groups is 2. The average Bonchev–Trinajstić information content (AvgIpc) is 2.83. The summed E-state index contributed by atoms with van der Waals surface area (Å²) < 4.78 is 0. The predicted molar refractivity (Wildman–Crippen MR) is 79.9 cm³/mol. The number of aliphatic carboxylic acids is 1. The molecule has 1 aromatic rings. The maximum atomic E-state index is 11.7. The second-order valence-electron chi connectivity index (χ2n) is 5.07. The van der Waals surface area contributed by atoms with E-state index in [4.69, 9.17) is 5.11 Å². The van der Waals surface area contributed by atoms with Crippen molar-refractivity contribution in [3.05, 3.63) is 21.9 Å². The van der Waals surface area contributed by atoms with Gasteiger partial charge in [-0.3, -0.25) is 0 Å². The molecule has 112 valence electrons. The molecule has 0 aliphatic heterocycles. The molecular formula is C14H22N2O3S. The Morgan fingerprint density at radius 1 is 1.30 bits per heavy atom. The minimum absolute atomic E-state index is 0.209. The van der Waals surface area contributed by atoms with Gasteiger partial charge in [0.1, 0.15) is 6.04 Å². The van der Waals surface area contributed by atoms with Gasteiger partial charge < -0.3 is 15.7 Å². The molecule has 1 rings (SSSR count). The first-order valence-electron chi connectivity index (χ1n) is 6.77. The normalized spacial score (nSPS) is 12.2. The molecule has 0 saturated carbocycles. The molecule has 0 aliphatic rings. The number of nitrogens with one attached hydrogen (secondary N) is 2. The van der Waals surface area contributed by atoms with Crippen LogP contribution in [0.2, 0.25) is 0 Å². The van der Waals surface area contributed by atoms with Crippen molar-refractivity contribution >= 4 is 23.3 Å². The number of thiophene rings is 1. The van der Waals surface area contributed by atoms with E-state index in [9.17, 15) is 9.59 Å². The monoisotopic (exact) mass is 298 g/mol. The van der Waals surface area contributed by atoms with Crippen molar-refractivity contribution in [2.45, 2.75) is 46.2 Å². The van der Waals surface area contributed by atoms with E-state index in [1.54, 1.807) is 11.3 Å². The van der Waals surface area contributed by atoms with Crippen LogP contribution in [-0.2, 0) is 17.8 Å². The SMILES string of the molecule is CCc1ccc(CNC(=O)N[C@H](CC(C)C)C(=O)O)s1. The fourth-order valence-electron chi connectivity index (χ4n) is 1.78. The van der Waals surface area contributed by atoms with Crippen molar-refractivity contribution in [2.75, 3.05) is 0 Å². The Hall–Kier alpha value is -1.56. The fraction of sp³-hybridized carbons (Fsp3) is 0.571. The van der Waals surface area contributed by atoms with Crippen LogP contribution in [0, 0.1) is 5.92 Å². The average molecular weight is 298 g/mol. The molecule has 0 radical (unpaired) electrons. The minimum atomic E-state index is -1.00. The van der Waals surface area contributed by atoms with Gasteiger partial charge in [0.2, 0.25) is 0 Å². The highest BCUT2D eigenvalue weighted by Crippen LogP contribution is 2.16. The van der Waals surface area contributed by atoms with Crippen LogP contribution in [0.5, 0.6) is 0 Å². The predicted octanol–water partition coefficient (Wildman–Crippen LogP) is 2.61. The van der Waals surface area contributed by atoms with Crippen LogP contribution >= 0.6 is 11.3 Å². The first kappa shape index (κ1) is 16.5. The van der Waals surface area contributed by atoms with Gasteiger partial charge in [-0.15, -0.1) is 11.3 Å². The lowest BCUT2D eigenvalue weighted by Crippen LogP contribution is -2.46. The topological polar surface area (TPSA) is 78.4 Å². The summed E-state index contributed by atoms with van der Waals surface area (Å²) in [5, 5.41) is 14.2. The first-order valence-corrected chi connectivity index (χ1v) is 7.58. The minimum Gasteiger partial charge on any atom is -0.480 e. The molecule has 6 heteroatoms. The highest BCUT2D eigenvalue weighted by molar-refractivity contribution is 7.11. The van der Waals surface area contributed by atoms with Gasteiger partial charge >= 0.3 is 12.0 Å². The highest BCUT2D eigenvalue weighted by Gasteiger charge is 2.20. The van der Waals surface area contributed by atoms with E-state index in [1.807, 2.05) is 26.0 Å². The lowest BCUT2D eigenvalue weighted by atomic mass is 10.0. The molecule has 5 nitrogen and oxygen atoms in total. The zero-order valence-electron chi connectivity index (χ0n) is 12.1. The van der Waals surface area contributed by atoms with Gasteiger partial charge in [0, 0.05) is 9.75 Å². The van der Waals surface area contributed by atoms with Crippen molar-refractivity contribution in [3.63, 3.8) is 0 Å². The third-order valence-electron chi connectivity index (χ3n) is 2.80. The Balaban J connectivity index is 2.43. The smallest absolute Gasteiger partial charge is 0.326 e. The number of aryl methyl sites for hydroxylation is 1. The Morgan fingerprint density at radius 2 is 1.95 bits per heavy atom. The highest BCUT2D eigenvalue weighted by atomic mass is 32.1. The van der Waals surface area contributed by atoms with E-state index in [0.29, 0.717) is 13.0 Å². The number of carboxylic acids is 1. The van der Waals surface area contributed by atoms with E-state index < -0.39 is 18.0 Å². The molecule has 2 amide bonds. The second kappa shape index (κ2) is 7.89. The largest absolute Gasteiger partial charge is 0.480 e. The molecule has 3 N–H and O–H groups in total. The number of rotatable bonds is 7. The number of carboxylic acid groups (broad SMARTS) is 1. The van der Waals surface area contributed by atoms with E-state index in [-0.39, 0.29) is 5.92 Å². The lowest BCUT2D eigenvalue weighted by Gasteiger charge is -2.16. The second-order valence-corrected chi connectivity index (χ2v) is 6.32. The number of urea groups is 1. The molecule has 1 atom stereocenters. The number of carbonyl (C=O) groups excluding carboxylic acids is 1. The third kappa shape index (κ3) is 5.61. The van der Waals surface area contributed by atoms with E-state index in [0.717, 1.165) is 11.3 Å². The standard InChI is InChI=1S/C14H22N2O3S/c1-4-10-5-6-11(20-10)8-15-14(19)16-12(13(17)18)7-9(2)3/h5-6,9,12H,4,7-8H2,1-3H3,(H,17,18)(H2,15,16,19)/t12-/m1/s1. The summed E-state index contributed by atoms with van der Waals surface area (Å²) >= 11 is 1.65. The number of hydrogen-bond acceptors (Lipinski definition) is 3. The Labute approximate surface area is 123 Å². The van der Waals surface area contributed by atoms with Gasteiger partial charge in [-0.1, -0.05) is 20.8 Å². The lowest BCUT2D eigenvalue weighted by molar-refractivity contribution is -0.139. The maximum absolute atomic E-state index is 11.7. The summed E-state index contributed by atoms with van der Waals surface area (Å²) in [6.07, 6.45) is 1.40. The van der Waals surface area contributed by atoms with Crippen molar-refractivity contribution < 1.29 is 14.7 Å². The summed E-state index contributed by atoms with van der Waals surface area (Å²) in [4.78, 5) is 25.1. The third-order valence-corrected chi connectivity index (χ3v) is 4.03. The van der Waals surface area contributed by atoms with Gasteiger partial charge in [0.25, 0.3) is 0 Å². The van der Waals surface area contributed by atoms with Crippen molar-refractivity contribution in [3.8, 4) is 0 Å². The molecule has 1 heterocycles. The zero-order chi connectivity index (χ0) is 15.1. The molecule has 20 heavy (non-hydrogen) atoms. The molecular weight excluding hydrogens is 276 g/mol. The van der Waals surface area contributed by atoms with Gasteiger partial charge in [-0.25, -0.2) is 9.59 Å². The van der Waals surface area contributed by atoms with Crippen LogP contribution in [-0.4, -0.2) is 23.1 Å². The zero-order valence-corrected chi connectivity index (χ0v) is 12.9. The van der Waals surface area contributed by atoms with Gasteiger partial charge in [0.05, 0.1) is 6.54 Å². The van der Waals surface area contributed by atoms with E-state index in [2.05, 4.69) is 17.6 Å². The summed E-state index contributed by atoms with van der Waals surface area (Å²) in [5.74, 6) is -0.793. The number of amides is 2. The molecule has 0 saturated heterocycles. The summed E-state index contributed by atoms with van der Waals surface area (Å²) in [6.45, 7) is 6.35. The summed E-state index contributed by atoms with van der Waals surface area (Å²) in [5.41, 5.74) is 0. The quantitative estimate of drug-likeness (QED) is 0.724. The van der Waals surface area contributed by atoms with E-state index >= 15 is 0 Å². The molecule has 0 aromatic carbocycles. The molecule has 1 aromatic heterocycles. The Kier molecular flexibility index (Phi) is 6.51. The summed E-state index contributed by atoms with van der Waals surface area (Å²) in [6, 6.07) is 2.74. The van der Waals surface area contributed by atoms with Gasteiger partial charge in [-0.05, 0) is 30.9 Å². The summed E-state index contributed by atoms with van der Waals surface area (Å²) in [7, 11) is 0. The molecule has 0 fully saturated rings. The maximum Gasteiger partial charge on any atom is 0.326 e. The Bertz CT molecular complexity index is 457. The molecule has 0 bridgehead atoms. The van der Waals surface area contributed by atoms with Crippen molar-refractivity contribution in [1.82, 2.24) is 10.6 Å². The molecule has 0 spiro atoms. The van der Waals surface area contributed by atoms with Crippen LogP contribution in [0.25, 0.3) is 0 Å². The van der Waals surface area contributed by atoms with Crippen LogP contribution < -0.4 is 10.6 Å². The van der Waals surface area contributed by atoms with Crippen LogP contribution in [0.4, 0.5) is 4.79 Å². The molecule has 0 aliphatic carbocycles.